The van der Waals surface area contributed by atoms with E-state index < -0.39 is 0 Å². The van der Waals surface area contributed by atoms with Crippen molar-refractivity contribution in [3.8, 4) is 5.75 Å². The molecule has 19 heavy (non-hydrogen) atoms. The van der Waals surface area contributed by atoms with Gasteiger partial charge in [0.1, 0.15) is 10.9 Å². The molecule has 0 spiro atoms. The van der Waals surface area contributed by atoms with E-state index >= 15 is 0 Å². The van der Waals surface area contributed by atoms with Gasteiger partial charge in [0.15, 0.2) is 6.61 Å². The van der Waals surface area contributed by atoms with Crippen molar-refractivity contribution in [3.05, 3.63) is 46.7 Å². The number of amides is 1. The molecule has 0 atom stereocenters. The molecule has 0 aliphatic carbocycles. The predicted octanol–water partition coefficient (Wildman–Crippen LogP) is 2.80. The Balaban J connectivity index is 1.88. The molecule has 1 heterocycles. The van der Waals surface area contributed by atoms with Crippen LogP contribution in [-0.2, 0) is 4.79 Å². The summed E-state index contributed by atoms with van der Waals surface area (Å²) >= 11 is 11.5. The van der Waals surface area contributed by atoms with Gasteiger partial charge in [-0.3, -0.25) is 10.1 Å². The van der Waals surface area contributed by atoms with Crippen molar-refractivity contribution >= 4 is 35.1 Å². The van der Waals surface area contributed by atoms with Crippen LogP contribution in [0.4, 0.5) is 5.95 Å². The zero-order chi connectivity index (χ0) is 13.7. The third kappa shape index (κ3) is 4.39. The topological polar surface area (TPSA) is 64.1 Å². The largest absolute Gasteiger partial charge is 0.484 e. The second kappa shape index (κ2) is 6.36. The Morgan fingerprint density at radius 3 is 2.89 bits per heavy atom. The average molecular weight is 298 g/mol. The van der Waals surface area contributed by atoms with E-state index in [9.17, 15) is 4.79 Å². The van der Waals surface area contributed by atoms with Crippen LogP contribution in [0.15, 0.2) is 36.5 Å². The van der Waals surface area contributed by atoms with Crippen LogP contribution >= 0.6 is 23.2 Å². The van der Waals surface area contributed by atoms with Gasteiger partial charge in [-0.25, -0.2) is 9.97 Å². The number of halogens is 2. The minimum absolute atomic E-state index is 0.132. The molecule has 2 rings (SSSR count). The molecular formula is C12H9Cl2N3O2. The number of rotatable bonds is 4. The molecule has 1 amide bonds. The normalized spacial score (nSPS) is 10.0. The minimum atomic E-state index is -0.387. The van der Waals surface area contributed by atoms with E-state index in [-0.39, 0.29) is 23.6 Å². The summed E-state index contributed by atoms with van der Waals surface area (Å²) in [5, 5.41) is 3.25. The van der Waals surface area contributed by atoms with Crippen LogP contribution in [0, 0.1) is 0 Å². The Kier molecular flexibility index (Phi) is 4.54. The number of nitrogens with one attached hydrogen (secondary N) is 1. The smallest absolute Gasteiger partial charge is 0.264 e. The van der Waals surface area contributed by atoms with Crippen molar-refractivity contribution in [2.45, 2.75) is 0 Å². The van der Waals surface area contributed by atoms with Crippen molar-refractivity contribution in [2.24, 2.45) is 0 Å². The van der Waals surface area contributed by atoms with Gasteiger partial charge in [-0.05, 0) is 24.3 Å². The van der Waals surface area contributed by atoms with Crippen LogP contribution in [0.1, 0.15) is 0 Å². The lowest BCUT2D eigenvalue weighted by molar-refractivity contribution is -0.118. The fourth-order valence-corrected chi connectivity index (χ4v) is 1.58. The van der Waals surface area contributed by atoms with Gasteiger partial charge in [0, 0.05) is 11.2 Å². The van der Waals surface area contributed by atoms with E-state index in [1.807, 2.05) is 0 Å². The van der Waals surface area contributed by atoms with Crippen molar-refractivity contribution in [3.63, 3.8) is 0 Å². The lowest BCUT2D eigenvalue weighted by Gasteiger charge is -2.06. The van der Waals surface area contributed by atoms with Crippen LogP contribution < -0.4 is 10.1 Å². The van der Waals surface area contributed by atoms with E-state index in [0.29, 0.717) is 10.8 Å². The van der Waals surface area contributed by atoms with Gasteiger partial charge in [0.25, 0.3) is 5.91 Å². The van der Waals surface area contributed by atoms with Crippen LogP contribution in [0.3, 0.4) is 0 Å². The number of aromatic nitrogens is 2. The molecule has 1 aromatic heterocycles. The Morgan fingerprint density at radius 2 is 2.16 bits per heavy atom. The predicted molar refractivity (Wildman–Crippen MR) is 72.6 cm³/mol. The molecule has 0 saturated heterocycles. The van der Waals surface area contributed by atoms with Gasteiger partial charge in [-0.15, -0.1) is 0 Å². The lowest BCUT2D eigenvalue weighted by atomic mass is 10.3. The second-order valence-corrected chi connectivity index (χ2v) is 4.32. The molecule has 1 N–H and O–H groups in total. The SMILES string of the molecule is O=C(COc1cccc(Cl)c1)Nc1nccc(Cl)n1. The van der Waals surface area contributed by atoms with Crippen molar-refractivity contribution in [1.29, 1.82) is 0 Å². The Bertz CT molecular complexity index is 593. The first-order chi connectivity index (χ1) is 9.13. The van der Waals surface area contributed by atoms with Crippen molar-refractivity contribution < 1.29 is 9.53 Å². The Labute approximate surface area is 119 Å². The maximum Gasteiger partial charge on any atom is 0.264 e. The van der Waals surface area contributed by atoms with Gasteiger partial charge >= 0.3 is 0 Å². The highest BCUT2D eigenvalue weighted by atomic mass is 35.5. The quantitative estimate of drug-likeness (QED) is 0.882. The number of nitrogens with zero attached hydrogens (tertiary/aromatic N) is 2. The maximum absolute atomic E-state index is 11.6. The summed E-state index contributed by atoms with van der Waals surface area (Å²) in [5.74, 6) is 0.254. The molecular weight excluding hydrogens is 289 g/mol. The number of carbonyl (C=O) groups is 1. The first-order valence-electron chi connectivity index (χ1n) is 5.30. The van der Waals surface area contributed by atoms with E-state index in [1.54, 1.807) is 24.3 Å². The summed E-state index contributed by atoms with van der Waals surface area (Å²) in [6.07, 6.45) is 1.45. The maximum atomic E-state index is 11.6. The number of anilines is 1. The summed E-state index contributed by atoms with van der Waals surface area (Å²) in [6.45, 7) is -0.170. The minimum Gasteiger partial charge on any atom is -0.484 e. The first kappa shape index (κ1) is 13.6. The third-order valence-corrected chi connectivity index (χ3v) is 2.48. The summed E-state index contributed by atoms with van der Waals surface area (Å²) < 4.78 is 5.27. The van der Waals surface area contributed by atoms with E-state index in [1.165, 1.54) is 12.3 Å². The zero-order valence-electron chi connectivity index (χ0n) is 9.64. The molecule has 1 aromatic carbocycles. The van der Waals surface area contributed by atoms with Gasteiger partial charge < -0.3 is 4.74 Å². The molecule has 7 heteroatoms. The van der Waals surface area contributed by atoms with Gasteiger partial charge in [-0.2, -0.15) is 0 Å². The highest BCUT2D eigenvalue weighted by Gasteiger charge is 2.06. The molecule has 0 aliphatic heterocycles. The summed E-state index contributed by atoms with van der Waals surface area (Å²) in [4.78, 5) is 19.3. The number of carbonyl (C=O) groups excluding carboxylic acids is 1. The molecule has 98 valence electrons. The van der Waals surface area contributed by atoms with Crippen LogP contribution in [0.5, 0.6) is 5.75 Å². The lowest BCUT2D eigenvalue weighted by Crippen LogP contribution is -2.21. The fourth-order valence-electron chi connectivity index (χ4n) is 1.26. The Hall–Kier alpha value is -1.85. The third-order valence-electron chi connectivity index (χ3n) is 2.04. The van der Waals surface area contributed by atoms with E-state index in [2.05, 4.69) is 15.3 Å². The second-order valence-electron chi connectivity index (χ2n) is 3.50. The molecule has 0 fully saturated rings. The molecule has 0 radical (unpaired) electrons. The first-order valence-corrected chi connectivity index (χ1v) is 6.06. The van der Waals surface area contributed by atoms with Gasteiger partial charge in [0.05, 0.1) is 0 Å². The average Bonchev–Trinajstić information content (AvgIpc) is 2.36. The molecule has 5 nitrogen and oxygen atoms in total. The molecule has 0 unspecified atom stereocenters. The molecule has 0 bridgehead atoms. The number of ether oxygens (including phenoxy) is 1. The molecule has 0 saturated carbocycles. The zero-order valence-corrected chi connectivity index (χ0v) is 11.1. The standard InChI is InChI=1S/C12H9Cl2N3O2/c13-8-2-1-3-9(6-8)19-7-11(18)17-12-15-5-4-10(14)16-12/h1-6H,7H2,(H,15,16,17,18). The van der Waals surface area contributed by atoms with Crippen LogP contribution in [0.2, 0.25) is 10.2 Å². The highest BCUT2D eigenvalue weighted by Crippen LogP contribution is 2.16. The molecule has 2 aromatic rings. The summed E-state index contributed by atoms with van der Waals surface area (Å²) in [6, 6.07) is 8.28. The Morgan fingerprint density at radius 1 is 1.32 bits per heavy atom. The fraction of sp³-hybridized carbons (Fsp3) is 0.0833. The van der Waals surface area contributed by atoms with Crippen molar-refractivity contribution in [2.75, 3.05) is 11.9 Å². The van der Waals surface area contributed by atoms with Gasteiger partial charge in [-0.1, -0.05) is 29.3 Å². The number of hydrogen-bond donors (Lipinski definition) is 1. The molecule has 0 aliphatic rings. The van der Waals surface area contributed by atoms with Crippen LogP contribution in [0.25, 0.3) is 0 Å². The van der Waals surface area contributed by atoms with E-state index in [0.717, 1.165) is 0 Å². The summed E-state index contributed by atoms with van der Waals surface area (Å²) in [5.41, 5.74) is 0. The monoisotopic (exact) mass is 297 g/mol. The summed E-state index contributed by atoms with van der Waals surface area (Å²) in [7, 11) is 0. The number of hydrogen-bond acceptors (Lipinski definition) is 4. The van der Waals surface area contributed by atoms with Crippen LogP contribution in [-0.4, -0.2) is 22.5 Å². The van der Waals surface area contributed by atoms with Gasteiger partial charge in [0.2, 0.25) is 5.95 Å². The van der Waals surface area contributed by atoms with E-state index in [4.69, 9.17) is 27.9 Å². The number of benzene rings is 1. The highest BCUT2D eigenvalue weighted by molar-refractivity contribution is 6.30. The van der Waals surface area contributed by atoms with Crippen molar-refractivity contribution in [1.82, 2.24) is 9.97 Å².